The number of pyridine rings is 1. The number of hydrogen-bond donors (Lipinski definition) is 1. The Kier molecular flexibility index (Phi) is 6.04. The number of rotatable bonds is 7. The molecule has 1 atom stereocenters. The van der Waals surface area contributed by atoms with Gasteiger partial charge in [-0.3, -0.25) is 4.98 Å². The molecule has 1 heterocycles. The van der Waals surface area contributed by atoms with E-state index in [-0.39, 0.29) is 0 Å². The van der Waals surface area contributed by atoms with E-state index in [0.717, 1.165) is 38.2 Å². The van der Waals surface area contributed by atoms with E-state index in [9.17, 15) is 0 Å². The monoisotopic (exact) mass is 221 g/mol. The normalized spacial score (nSPS) is 13.0. The third kappa shape index (κ3) is 4.73. The molecule has 1 aromatic rings. The van der Waals surface area contributed by atoms with Gasteiger partial charge in [-0.15, -0.1) is 0 Å². The highest BCUT2D eigenvalue weighted by Gasteiger charge is 2.07. The van der Waals surface area contributed by atoms with Crippen molar-refractivity contribution >= 4 is 0 Å². The van der Waals surface area contributed by atoms with Crippen molar-refractivity contribution in [3.8, 4) is 0 Å². The molecular formula is C13H23N3. The summed E-state index contributed by atoms with van der Waals surface area (Å²) in [5.41, 5.74) is 6.86. The fourth-order valence-corrected chi connectivity index (χ4v) is 1.75. The standard InChI is InChI=1S/C13H23N3/c1-3-12(10-14)11-16(2)9-7-13-6-4-5-8-15-13/h4-6,8,12H,3,7,9-11,14H2,1-2H3. The lowest BCUT2D eigenvalue weighted by molar-refractivity contribution is 0.277. The van der Waals surface area contributed by atoms with Gasteiger partial charge in [0.1, 0.15) is 0 Å². The van der Waals surface area contributed by atoms with E-state index in [2.05, 4.69) is 29.9 Å². The first-order valence-corrected chi connectivity index (χ1v) is 6.04. The van der Waals surface area contributed by atoms with Crippen LogP contribution >= 0.6 is 0 Å². The van der Waals surface area contributed by atoms with Crippen LogP contribution in [-0.2, 0) is 6.42 Å². The highest BCUT2D eigenvalue weighted by molar-refractivity contribution is 5.03. The lowest BCUT2D eigenvalue weighted by atomic mass is 10.1. The van der Waals surface area contributed by atoms with Crippen LogP contribution < -0.4 is 5.73 Å². The van der Waals surface area contributed by atoms with E-state index in [4.69, 9.17) is 5.73 Å². The maximum atomic E-state index is 5.70. The minimum absolute atomic E-state index is 0.619. The first-order chi connectivity index (χ1) is 7.76. The Morgan fingerprint density at radius 1 is 1.44 bits per heavy atom. The topological polar surface area (TPSA) is 42.1 Å². The van der Waals surface area contributed by atoms with Crippen molar-refractivity contribution < 1.29 is 0 Å². The Balaban J connectivity index is 2.27. The second kappa shape index (κ2) is 7.36. The molecular weight excluding hydrogens is 198 g/mol. The summed E-state index contributed by atoms with van der Waals surface area (Å²) in [6.45, 7) is 5.11. The SMILES string of the molecule is CCC(CN)CN(C)CCc1ccccn1. The molecule has 90 valence electrons. The van der Waals surface area contributed by atoms with Crippen LogP contribution in [0.5, 0.6) is 0 Å². The Morgan fingerprint density at radius 3 is 2.81 bits per heavy atom. The molecule has 0 aromatic carbocycles. The van der Waals surface area contributed by atoms with Crippen LogP contribution in [0.15, 0.2) is 24.4 Å². The van der Waals surface area contributed by atoms with Gasteiger partial charge in [-0.2, -0.15) is 0 Å². The Labute approximate surface area is 98.7 Å². The molecule has 3 heteroatoms. The molecule has 0 spiro atoms. The van der Waals surface area contributed by atoms with Gasteiger partial charge in [-0.05, 0) is 31.6 Å². The van der Waals surface area contributed by atoms with Gasteiger partial charge in [0.25, 0.3) is 0 Å². The van der Waals surface area contributed by atoms with E-state index in [1.165, 1.54) is 0 Å². The zero-order chi connectivity index (χ0) is 11.8. The lowest BCUT2D eigenvalue weighted by Gasteiger charge is -2.21. The summed E-state index contributed by atoms with van der Waals surface area (Å²) in [6, 6.07) is 6.07. The predicted molar refractivity (Wildman–Crippen MR) is 68.3 cm³/mol. The summed E-state index contributed by atoms with van der Waals surface area (Å²) < 4.78 is 0. The molecule has 0 saturated carbocycles. The Hall–Kier alpha value is -0.930. The molecule has 2 N–H and O–H groups in total. The van der Waals surface area contributed by atoms with Crippen LogP contribution in [0.2, 0.25) is 0 Å². The molecule has 0 fully saturated rings. The summed E-state index contributed by atoms with van der Waals surface area (Å²) in [5.74, 6) is 0.619. The first kappa shape index (κ1) is 13.1. The molecule has 0 aliphatic heterocycles. The lowest BCUT2D eigenvalue weighted by Crippen LogP contribution is -2.31. The van der Waals surface area contributed by atoms with Crippen molar-refractivity contribution in [3.63, 3.8) is 0 Å². The minimum Gasteiger partial charge on any atom is -0.330 e. The summed E-state index contributed by atoms with van der Waals surface area (Å²) in [5, 5.41) is 0. The largest absolute Gasteiger partial charge is 0.330 e. The maximum Gasteiger partial charge on any atom is 0.0416 e. The molecule has 1 aromatic heterocycles. The highest BCUT2D eigenvalue weighted by atomic mass is 15.1. The molecule has 0 aliphatic rings. The summed E-state index contributed by atoms with van der Waals surface area (Å²) in [4.78, 5) is 6.66. The van der Waals surface area contributed by atoms with Crippen LogP contribution in [0.3, 0.4) is 0 Å². The minimum atomic E-state index is 0.619. The summed E-state index contributed by atoms with van der Waals surface area (Å²) >= 11 is 0. The molecule has 1 unspecified atom stereocenters. The number of likely N-dealkylation sites (N-methyl/N-ethyl adjacent to an activating group) is 1. The van der Waals surface area contributed by atoms with E-state index in [0.29, 0.717) is 5.92 Å². The number of nitrogens with two attached hydrogens (primary N) is 1. The Morgan fingerprint density at radius 2 is 2.25 bits per heavy atom. The zero-order valence-electron chi connectivity index (χ0n) is 10.4. The van der Waals surface area contributed by atoms with Gasteiger partial charge < -0.3 is 10.6 Å². The molecule has 0 bridgehead atoms. The average Bonchev–Trinajstić information content (AvgIpc) is 2.34. The van der Waals surface area contributed by atoms with E-state index in [1.807, 2.05) is 18.3 Å². The first-order valence-electron chi connectivity index (χ1n) is 6.04. The molecule has 0 saturated heterocycles. The molecule has 1 rings (SSSR count). The second-order valence-corrected chi connectivity index (χ2v) is 4.34. The average molecular weight is 221 g/mol. The highest BCUT2D eigenvalue weighted by Crippen LogP contribution is 2.03. The van der Waals surface area contributed by atoms with Gasteiger partial charge in [-0.1, -0.05) is 19.4 Å². The van der Waals surface area contributed by atoms with E-state index in [1.54, 1.807) is 0 Å². The fraction of sp³-hybridized carbons (Fsp3) is 0.615. The van der Waals surface area contributed by atoms with Crippen LogP contribution in [0, 0.1) is 5.92 Å². The molecule has 0 aliphatic carbocycles. The van der Waals surface area contributed by atoms with Gasteiger partial charge in [0.2, 0.25) is 0 Å². The van der Waals surface area contributed by atoms with E-state index < -0.39 is 0 Å². The third-order valence-corrected chi connectivity index (χ3v) is 2.96. The molecule has 0 amide bonds. The smallest absolute Gasteiger partial charge is 0.0416 e. The van der Waals surface area contributed by atoms with Gasteiger partial charge in [0.15, 0.2) is 0 Å². The fourth-order valence-electron chi connectivity index (χ4n) is 1.75. The van der Waals surface area contributed by atoms with Crippen molar-refractivity contribution in [2.45, 2.75) is 19.8 Å². The van der Waals surface area contributed by atoms with Crippen LogP contribution in [0.1, 0.15) is 19.0 Å². The zero-order valence-corrected chi connectivity index (χ0v) is 10.4. The van der Waals surface area contributed by atoms with Crippen LogP contribution in [-0.4, -0.2) is 36.6 Å². The maximum absolute atomic E-state index is 5.70. The number of hydrogen-bond acceptors (Lipinski definition) is 3. The second-order valence-electron chi connectivity index (χ2n) is 4.34. The van der Waals surface area contributed by atoms with Crippen molar-refractivity contribution in [1.82, 2.24) is 9.88 Å². The van der Waals surface area contributed by atoms with Crippen LogP contribution in [0.25, 0.3) is 0 Å². The molecule has 0 radical (unpaired) electrons. The van der Waals surface area contributed by atoms with Crippen molar-refractivity contribution in [3.05, 3.63) is 30.1 Å². The van der Waals surface area contributed by atoms with Gasteiger partial charge in [0, 0.05) is 31.4 Å². The van der Waals surface area contributed by atoms with Crippen molar-refractivity contribution in [2.75, 3.05) is 26.7 Å². The van der Waals surface area contributed by atoms with Gasteiger partial charge in [0.05, 0.1) is 0 Å². The third-order valence-electron chi connectivity index (χ3n) is 2.96. The van der Waals surface area contributed by atoms with Crippen molar-refractivity contribution in [2.24, 2.45) is 11.7 Å². The van der Waals surface area contributed by atoms with E-state index >= 15 is 0 Å². The predicted octanol–water partition coefficient (Wildman–Crippen LogP) is 1.54. The van der Waals surface area contributed by atoms with Crippen molar-refractivity contribution in [1.29, 1.82) is 0 Å². The quantitative estimate of drug-likeness (QED) is 0.759. The van der Waals surface area contributed by atoms with Gasteiger partial charge in [-0.25, -0.2) is 0 Å². The van der Waals surface area contributed by atoms with Crippen LogP contribution in [0.4, 0.5) is 0 Å². The van der Waals surface area contributed by atoms with Gasteiger partial charge >= 0.3 is 0 Å². The molecule has 3 nitrogen and oxygen atoms in total. The summed E-state index contributed by atoms with van der Waals surface area (Å²) in [6.07, 6.45) is 4.02. The number of nitrogens with zero attached hydrogens (tertiary/aromatic N) is 2. The Bertz CT molecular complexity index is 270. The number of aromatic nitrogens is 1. The molecule has 16 heavy (non-hydrogen) atoms. The summed E-state index contributed by atoms with van der Waals surface area (Å²) in [7, 11) is 2.15.